The van der Waals surface area contributed by atoms with Crippen molar-refractivity contribution in [3.8, 4) is 0 Å². The van der Waals surface area contributed by atoms with Crippen LogP contribution >= 0.6 is 46.6 Å². The lowest BCUT2D eigenvalue weighted by molar-refractivity contribution is -0.139. The molecule has 0 aromatic heterocycles. The topological polar surface area (TPSA) is 49.4 Å². The Balaban J connectivity index is 1.90. The van der Waals surface area contributed by atoms with Gasteiger partial charge in [-0.1, -0.05) is 90.6 Å². The minimum absolute atomic E-state index is 0.0142. The maximum atomic E-state index is 14.3. The van der Waals surface area contributed by atoms with Gasteiger partial charge in [0.05, 0.1) is 5.75 Å². The zero-order chi connectivity index (χ0) is 27.5. The van der Waals surface area contributed by atoms with E-state index in [9.17, 15) is 14.0 Å². The average molecular weight is 596 g/mol. The van der Waals surface area contributed by atoms with Gasteiger partial charge >= 0.3 is 0 Å². The number of carbonyl (C=O) groups is 2. The SMILES string of the molecule is CCCCNC(=O)C(Cc1ccccc1)N(Cc1c(Cl)cccc1Cl)C(=O)CSCc1c(F)cccc1Cl. The molecule has 3 rings (SSSR count). The Morgan fingerprint density at radius 1 is 0.921 bits per heavy atom. The number of carbonyl (C=O) groups excluding carboxylic acids is 2. The first-order valence-electron chi connectivity index (χ1n) is 12.4. The number of benzene rings is 3. The molecule has 0 aliphatic heterocycles. The molecular formula is C29H30Cl3FN2O2S. The smallest absolute Gasteiger partial charge is 0.243 e. The molecule has 0 saturated heterocycles. The summed E-state index contributed by atoms with van der Waals surface area (Å²) in [5.74, 6) is -0.732. The molecular weight excluding hydrogens is 566 g/mol. The van der Waals surface area contributed by atoms with Crippen molar-refractivity contribution in [1.82, 2.24) is 10.2 Å². The van der Waals surface area contributed by atoms with Gasteiger partial charge in [0.25, 0.3) is 0 Å². The standard InChI is InChI=1S/C29H30Cl3FN2O2S/c1-2-3-15-34-29(37)27(16-20-9-5-4-6-10-20)35(17-21-23(30)11-7-12-24(21)31)28(36)19-38-18-22-25(32)13-8-14-26(22)33/h4-14,27H,2-3,15-19H2,1H3,(H,34,37). The van der Waals surface area contributed by atoms with E-state index in [1.165, 1.54) is 28.8 Å². The van der Waals surface area contributed by atoms with Gasteiger partial charge in [-0.3, -0.25) is 9.59 Å². The molecule has 3 aromatic carbocycles. The van der Waals surface area contributed by atoms with E-state index in [1.54, 1.807) is 24.3 Å². The zero-order valence-corrected chi connectivity index (χ0v) is 24.1. The highest BCUT2D eigenvalue weighted by Gasteiger charge is 2.31. The summed E-state index contributed by atoms with van der Waals surface area (Å²) in [6.07, 6.45) is 2.07. The van der Waals surface area contributed by atoms with Crippen molar-refractivity contribution in [2.24, 2.45) is 0 Å². The van der Waals surface area contributed by atoms with Crippen LogP contribution < -0.4 is 5.32 Å². The van der Waals surface area contributed by atoms with Crippen LogP contribution in [0.1, 0.15) is 36.5 Å². The Morgan fingerprint density at radius 2 is 1.55 bits per heavy atom. The number of hydrogen-bond donors (Lipinski definition) is 1. The monoisotopic (exact) mass is 594 g/mol. The first kappa shape index (κ1) is 30.3. The third-order valence-electron chi connectivity index (χ3n) is 6.02. The van der Waals surface area contributed by atoms with E-state index in [4.69, 9.17) is 34.8 Å². The third kappa shape index (κ3) is 8.63. The molecule has 0 fully saturated rings. The summed E-state index contributed by atoms with van der Waals surface area (Å²) in [6.45, 7) is 2.61. The second kappa shape index (κ2) is 15.4. The van der Waals surface area contributed by atoms with Gasteiger partial charge in [-0.15, -0.1) is 11.8 Å². The van der Waals surface area contributed by atoms with Crippen LogP contribution in [0, 0.1) is 5.82 Å². The van der Waals surface area contributed by atoms with Gasteiger partial charge in [-0.25, -0.2) is 4.39 Å². The fraction of sp³-hybridized carbons (Fsp3) is 0.310. The van der Waals surface area contributed by atoms with Gasteiger partial charge < -0.3 is 10.2 Å². The van der Waals surface area contributed by atoms with Crippen molar-refractivity contribution in [1.29, 1.82) is 0 Å². The lowest BCUT2D eigenvalue weighted by Gasteiger charge is -2.32. The summed E-state index contributed by atoms with van der Waals surface area (Å²) in [4.78, 5) is 28.7. The Hall–Kier alpha value is -2.25. The minimum atomic E-state index is -0.799. The van der Waals surface area contributed by atoms with Gasteiger partial charge in [0.1, 0.15) is 11.9 Å². The molecule has 9 heteroatoms. The number of hydrogen-bond acceptors (Lipinski definition) is 3. The van der Waals surface area contributed by atoms with E-state index < -0.39 is 11.9 Å². The lowest BCUT2D eigenvalue weighted by atomic mass is 10.0. The molecule has 0 saturated carbocycles. The van der Waals surface area contributed by atoms with Crippen molar-refractivity contribution in [3.63, 3.8) is 0 Å². The van der Waals surface area contributed by atoms with E-state index in [2.05, 4.69) is 5.32 Å². The van der Waals surface area contributed by atoms with E-state index in [0.717, 1.165) is 18.4 Å². The normalized spacial score (nSPS) is 11.7. The molecule has 1 atom stereocenters. The van der Waals surface area contributed by atoms with Crippen molar-refractivity contribution >= 4 is 58.4 Å². The summed E-state index contributed by atoms with van der Waals surface area (Å²) < 4.78 is 14.3. The van der Waals surface area contributed by atoms with Crippen LogP contribution in [0.2, 0.25) is 15.1 Å². The molecule has 3 aromatic rings. The molecule has 2 amide bonds. The van der Waals surface area contributed by atoms with Crippen molar-refractivity contribution in [2.75, 3.05) is 12.3 Å². The Labute approximate surface area is 242 Å². The van der Waals surface area contributed by atoms with Gasteiger partial charge in [-0.05, 0) is 36.2 Å². The second-order valence-electron chi connectivity index (χ2n) is 8.76. The Bertz CT molecular complexity index is 1190. The maximum absolute atomic E-state index is 14.3. The van der Waals surface area contributed by atoms with Crippen LogP contribution in [0.5, 0.6) is 0 Å². The first-order valence-corrected chi connectivity index (χ1v) is 14.6. The summed E-state index contributed by atoms with van der Waals surface area (Å²) in [5.41, 5.74) is 1.81. The first-order chi connectivity index (χ1) is 18.3. The molecule has 38 heavy (non-hydrogen) atoms. The van der Waals surface area contributed by atoms with E-state index in [-0.39, 0.29) is 29.9 Å². The number of amides is 2. The third-order valence-corrected chi connectivity index (χ3v) is 8.03. The van der Waals surface area contributed by atoms with E-state index in [0.29, 0.717) is 39.2 Å². The molecule has 0 radical (unpaired) electrons. The fourth-order valence-corrected chi connectivity index (χ4v) is 5.67. The van der Waals surface area contributed by atoms with E-state index in [1.807, 2.05) is 37.3 Å². The number of halogens is 4. The number of nitrogens with zero attached hydrogens (tertiary/aromatic N) is 1. The van der Waals surface area contributed by atoms with Crippen molar-refractivity contribution < 1.29 is 14.0 Å². The number of rotatable bonds is 13. The van der Waals surface area contributed by atoms with Crippen LogP contribution in [0.15, 0.2) is 66.7 Å². The molecule has 0 bridgehead atoms. The van der Waals surface area contributed by atoms with Gasteiger partial charge in [0.15, 0.2) is 0 Å². The number of nitrogens with one attached hydrogen (secondary N) is 1. The lowest BCUT2D eigenvalue weighted by Crippen LogP contribution is -2.51. The Kier molecular flexibility index (Phi) is 12.3. The number of thioether (sulfide) groups is 1. The predicted octanol–water partition coefficient (Wildman–Crippen LogP) is 7.58. The van der Waals surface area contributed by atoms with Crippen molar-refractivity contribution in [2.45, 2.75) is 44.5 Å². The molecule has 1 unspecified atom stereocenters. The van der Waals surface area contributed by atoms with Crippen LogP contribution in [-0.2, 0) is 28.3 Å². The van der Waals surface area contributed by atoms with Crippen molar-refractivity contribution in [3.05, 3.63) is 104 Å². The summed E-state index contributed by atoms with van der Waals surface area (Å²) in [6, 6.07) is 18.4. The molecule has 0 aliphatic carbocycles. The summed E-state index contributed by atoms with van der Waals surface area (Å²) >= 11 is 20.3. The highest BCUT2D eigenvalue weighted by atomic mass is 35.5. The highest BCUT2D eigenvalue weighted by molar-refractivity contribution is 7.99. The zero-order valence-electron chi connectivity index (χ0n) is 21.1. The number of unbranched alkanes of at least 4 members (excludes halogenated alkanes) is 1. The second-order valence-corrected chi connectivity index (χ2v) is 11.0. The van der Waals surface area contributed by atoms with Gasteiger partial charge in [0.2, 0.25) is 11.8 Å². The molecule has 0 aliphatic rings. The highest BCUT2D eigenvalue weighted by Crippen LogP contribution is 2.28. The van der Waals surface area contributed by atoms with Crippen LogP contribution in [0.25, 0.3) is 0 Å². The molecule has 0 spiro atoms. The molecule has 4 nitrogen and oxygen atoms in total. The largest absolute Gasteiger partial charge is 0.354 e. The van der Waals surface area contributed by atoms with Gasteiger partial charge in [0, 0.05) is 51.5 Å². The summed E-state index contributed by atoms with van der Waals surface area (Å²) in [5, 5.41) is 4.10. The molecule has 202 valence electrons. The minimum Gasteiger partial charge on any atom is -0.354 e. The predicted molar refractivity (Wildman–Crippen MR) is 156 cm³/mol. The van der Waals surface area contributed by atoms with Crippen LogP contribution in [-0.4, -0.2) is 35.1 Å². The van der Waals surface area contributed by atoms with Gasteiger partial charge in [-0.2, -0.15) is 0 Å². The summed E-state index contributed by atoms with van der Waals surface area (Å²) in [7, 11) is 0. The van der Waals surface area contributed by atoms with Crippen LogP contribution in [0.4, 0.5) is 4.39 Å². The quantitative estimate of drug-likeness (QED) is 0.207. The van der Waals surface area contributed by atoms with Crippen LogP contribution in [0.3, 0.4) is 0 Å². The molecule has 0 heterocycles. The fourth-order valence-electron chi connectivity index (χ4n) is 3.91. The van der Waals surface area contributed by atoms with E-state index >= 15 is 0 Å². The Morgan fingerprint density at radius 3 is 2.18 bits per heavy atom. The average Bonchev–Trinajstić information content (AvgIpc) is 2.90. The molecule has 1 N–H and O–H groups in total. The maximum Gasteiger partial charge on any atom is 0.243 e.